The van der Waals surface area contributed by atoms with Crippen LogP contribution in [0, 0.1) is 5.92 Å². The Morgan fingerprint density at radius 2 is 2.00 bits per heavy atom. The first-order valence-corrected chi connectivity index (χ1v) is 8.88. The number of halogens is 1. The first-order valence-electron chi connectivity index (χ1n) is 8.88. The van der Waals surface area contributed by atoms with Crippen LogP contribution in [0.5, 0.6) is 5.75 Å². The average molecular weight is 353 g/mol. The molecule has 1 saturated heterocycles. The van der Waals surface area contributed by atoms with E-state index in [0.29, 0.717) is 12.3 Å². The number of methoxy groups -OCH3 is 1. The molecule has 1 aromatic carbocycles. The molecule has 5 heteroatoms. The lowest BCUT2D eigenvalue weighted by molar-refractivity contribution is -0.123. The van der Waals surface area contributed by atoms with Crippen LogP contribution in [-0.4, -0.2) is 26.1 Å². The molecule has 0 bridgehead atoms. The monoisotopic (exact) mass is 352 g/mol. The molecule has 2 fully saturated rings. The van der Waals surface area contributed by atoms with Crippen LogP contribution in [0.4, 0.5) is 0 Å². The first-order chi connectivity index (χ1) is 11.2. The third-order valence-corrected chi connectivity index (χ3v) is 5.42. The number of nitrogens with one attached hydrogen (secondary N) is 2. The molecule has 1 unspecified atom stereocenters. The quantitative estimate of drug-likeness (QED) is 0.825. The standard InChI is InChI=1S/C19H28N2O2.ClH/c1-23-17-7-5-16(6-8-17)19(11-2-3-12-19)21-18(22)9-4-15-10-13-20-14-15;/h5-8,15,20H,2-4,9-14H2,1H3,(H,21,22);1H. The van der Waals surface area contributed by atoms with Crippen LogP contribution in [0.2, 0.25) is 0 Å². The van der Waals surface area contributed by atoms with Crippen molar-refractivity contribution < 1.29 is 9.53 Å². The van der Waals surface area contributed by atoms with Gasteiger partial charge in [0.2, 0.25) is 5.91 Å². The second kappa shape index (κ2) is 8.72. The van der Waals surface area contributed by atoms with Crippen LogP contribution in [0.25, 0.3) is 0 Å². The normalized spacial score (nSPS) is 22.0. The van der Waals surface area contributed by atoms with Gasteiger partial charge < -0.3 is 15.4 Å². The lowest BCUT2D eigenvalue weighted by Gasteiger charge is -2.31. The van der Waals surface area contributed by atoms with Crippen molar-refractivity contribution in [2.24, 2.45) is 5.92 Å². The van der Waals surface area contributed by atoms with E-state index < -0.39 is 0 Å². The van der Waals surface area contributed by atoms with Gasteiger partial charge in [0.1, 0.15) is 5.75 Å². The Hall–Kier alpha value is -1.26. The Kier molecular flexibility index (Phi) is 6.93. The smallest absolute Gasteiger partial charge is 0.220 e. The summed E-state index contributed by atoms with van der Waals surface area (Å²) in [7, 11) is 1.68. The lowest BCUT2D eigenvalue weighted by Crippen LogP contribution is -2.43. The van der Waals surface area contributed by atoms with E-state index in [1.54, 1.807) is 7.11 Å². The van der Waals surface area contributed by atoms with Crippen molar-refractivity contribution in [3.05, 3.63) is 29.8 Å². The van der Waals surface area contributed by atoms with Crippen LogP contribution in [0.15, 0.2) is 24.3 Å². The molecule has 2 N–H and O–H groups in total. The molecule has 134 valence electrons. The van der Waals surface area contributed by atoms with Gasteiger partial charge in [0.05, 0.1) is 12.6 Å². The average Bonchev–Trinajstić information content (AvgIpc) is 3.25. The van der Waals surface area contributed by atoms with E-state index in [4.69, 9.17) is 4.74 Å². The number of hydrogen-bond acceptors (Lipinski definition) is 3. The molecule has 0 spiro atoms. The molecule has 2 aliphatic rings. The third-order valence-electron chi connectivity index (χ3n) is 5.42. The van der Waals surface area contributed by atoms with Gasteiger partial charge in [-0.2, -0.15) is 0 Å². The zero-order valence-electron chi connectivity index (χ0n) is 14.5. The molecule has 1 aliphatic carbocycles. The Balaban J connectivity index is 0.00000208. The van der Waals surface area contributed by atoms with Crippen molar-refractivity contribution in [2.75, 3.05) is 20.2 Å². The van der Waals surface area contributed by atoms with Gasteiger partial charge in [0, 0.05) is 6.42 Å². The molecule has 24 heavy (non-hydrogen) atoms. The second-order valence-electron chi connectivity index (χ2n) is 6.96. The van der Waals surface area contributed by atoms with Gasteiger partial charge >= 0.3 is 0 Å². The minimum absolute atomic E-state index is 0. The fourth-order valence-electron chi connectivity index (χ4n) is 4.00. The predicted molar refractivity (Wildman–Crippen MR) is 98.7 cm³/mol. The summed E-state index contributed by atoms with van der Waals surface area (Å²) < 4.78 is 5.25. The van der Waals surface area contributed by atoms with E-state index in [0.717, 1.165) is 38.1 Å². The number of amides is 1. The molecule has 4 nitrogen and oxygen atoms in total. The molecular formula is C19H29ClN2O2. The molecule has 1 atom stereocenters. The zero-order chi connectivity index (χ0) is 16.1. The van der Waals surface area contributed by atoms with E-state index >= 15 is 0 Å². The lowest BCUT2D eigenvalue weighted by atomic mass is 9.87. The highest BCUT2D eigenvalue weighted by molar-refractivity contribution is 5.85. The van der Waals surface area contributed by atoms with Crippen molar-refractivity contribution in [2.45, 2.75) is 50.5 Å². The van der Waals surface area contributed by atoms with Crippen molar-refractivity contribution >= 4 is 18.3 Å². The van der Waals surface area contributed by atoms with E-state index in [9.17, 15) is 4.79 Å². The Labute approximate surface area is 151 Å². The Morgan fingerprint density at radius 1 is 1.29 bits per heavy atom. The molecule has 0 radical (unpaired) electrons. The number of rotatable bonds is 6. The summed E-state index contributed by atoms with van der Waals surface area (Å²) in [6.45, 7) is 2.17. The van der Waals surface area contributed by atoms with E-state index in [2.05, 4.69) is 22.8 Å². The highest BCUT2D eigenvalue weighted by atomic mass is 35.5. The summed E-state index contributed by atoms with van der Waals surface area (Å²) in [4.78, 5) is 12.5. The van der Waals surface area contributed by atoms with Gasteiger partial charge in [0.15, 0.2) is 0 Å². The summed E-state index contributed by atoms with van der Waals surface area (Å²) in [5, 5.41) is 6.74. The predicted octanol–water partition coefficient (Wildman–Crippen LogP) is 3.39. The molecule has 1 aliphatic heterocycles. The van der Waals surface area contributed by atoms with Gasteiger partial charge in [-0.3, -0.25) is 4.79 Å². The minimum Gasteiger partial charge on any atom is -0.497 e. The summed E-state index contributed by atoms with van der Waals surface area (Å²) in [6.07, 6.45) is 7.28. The zero-order valence-corrected chi connectivity index (χ0v) is 15.3. The van der Waals surface area contributed by atoms with Crippen molar-refractivity contribution in [1.29, 1.82) is 0 Å². The number of carbonyl (C=O) groups is 1. The second-order valence-corrected chi connectivity index (χ2v) is 6.96. The van der Waals surface area contributed by atoms with Gasteiger partial charge in [-0.25, -0.2) is 0 Å². The molecular weight excluding hydrogens is 324 g/mol. The maximum absolute atomic E-state index is 12.5. The van der Waals surface area contributed by atoms with Crippen LogP contribution in [0.3, 0.4) is 0 Å². The summed E-state index contributed by atoms with van der Waals surface area (Å²) in [5.41, 5.74) is 1.05. The topological polar surface area (TPSA) is 50.4 Å². The van der Waals surface area contributed by atoms with E-state index in [1.165, 1.54) is 24.8 Å². The number of ether oxygens (including phenoxy) is 1. The molecule has 1 amide bonds. The molecule has 1 saturated carbocycles. The van der Waals surface area contributed by atoms with Gasteiger partial charge in [-0.1, -0.05) is 25.0 Å². The highest BCUT2D eigenvalue weighted by Crippen LogP contribution is 2.39. The van der Waals surface area contributed by atoms with E-state index in [-0.39, 0.29) is 23.9 Å². The van der Waals surface area contributed by atoms with Crippen LogP contribution < -0.4 is 15.4 Å². The fourth-order valence-corrected chi connectivity index (χ4v) is 4.00. The van der Waals surface area contributed by atoms with Crippen molar-refractivity contribution in [3.8, 4) is 5.75 Å². The summed E-state index contributed by atoms with van der Waals surface area (Å²) in [6, 6.07) is 8.19. The first kappa shape index (κ1) is 19.1. The Morgan fingerprint density at radius 3 is 2.58 bits per heavy atom. The van der Waals surface area contributed by atoms with Crippen LogP contribution >= 0.6 is 12.4 Å². The SMILES string of the molecule is COc1ccc(C2(NC(=O)CCC3CCNC3)CCCC2)cc1.Cl. The van der Waals surface area contributed by atoms with Crippen LogP contribution in [-0.2, 0) is 10.3 Å². The number of carbonyl (C=O) groups excluding carboxylic acids is 1. The fraction of sp³-hybridized carbons (Fsp3) is 0.632. The molecule has 1 aromatic rings. The number of hydrogen-bond donors (Lipinski definition) is 2. The maximum atomic E-state index is 12.5. The van der Waals surface area contributed by atoms with Gasteiger partial charge in [-0.05, 0) is 62.4 Å². The van der Waals surface area contributed by atoms with Crippen molar-refractivity contribution in [1.82, 2.24) is 10.6 Å². The summed E-state index contributed by atoms with van der Waals surface area (Å²) in [5.74, 6) is 1.73. The third kappa shape index (κ3) is 4.42. The number of benzene rings is 1. The van der Waals surface area contributed by atoms with E-state index in [1.807, 2.05) is 12.1 Å². The largest absolute Gasteiger partial charge is 0.497 e. The minimum atomic E-state index is -0.169. The Bertz CT molecular complexity index is 521. The molecule has 1 heterocycles. The maximum Gasteiger partial charge on any atom is 0.220 e. The molecule has 0 aromatic heterocycles. The van der Waals surface area contributed by atoms with Gasteiger partial charge in [-0.15, -0.1) is 12.4 Å². The molecule has 3 rings (SSSR count). The summed E-state index contributed by atoms with van der Waals surface area (Å²) >= 11 is 0. The van der Waals surface area contributed by atoms with Gasteiger partial charge in [0.25, 0.3) is 0 Å². The highest BCUT2D eigenvalue weighted by Gasteiger charge is 2.37. The van der Waals surface area contributed by atoms with Crippen LogP contribution in [0.1, 0.15) is 50.5 Å². The van der Waals surface area contributed by atoms with Crippen molar-refractivity contribution in [3.63, 3.8) is 0 Å².